The average molecular weight is 473 g/mol. The Balaban J connectivity index is 1.49. The van der Waals surface area contributed by atoms with E-state index in [0.717, 1.165) is 29.7 Å². The number of oxime groups is 1. The zero-order valence-corrected chi connectivity index (χ0v) is 20.5. The van der Waals surface area contributed by atoms with E-state index in [9.17, 15) is 9.90 Å². The van der Waals surface area contributed by atoms with Crippen LogP contribution in [0.15, 0.2) is 71.9 Å². The van der Waals surface area contributed by atoms with Crippen LogP contribution in [-0.2, 0) is 16.2 Å². The predicted molar refractivity (Wildman–Crippen MR) is 140 cm³/mol. The van der Waals surface area contributed by atoms with Gasteiger partial charge in [0.1, 0.15) is 12.4 Å². The molecule has 1 N–H and O–H groups in total. The Morgan fingerprint density at radius 2 is 1.66 bits per heavy atom. The van der Waals surface area contributed by atoms with E-state index in [1.54, 1.807) is 6.92 Å². The van der Waals surface area contributed by atoms with Gasteiger partial charge in [0.25, 0.3) is 0 Å². The van der Waals surface area contributed by atoms with E-state index in [-0.39, 0.29) is 0 Å². The molecule has 0 aliphatic carbocycles. The Morgan fingerprint density at radius 3 is 2.23 bits per heavy atom. The smallest absolute Gasteiger partial charge is 0.344 e. The van der Waals surface area contributed by atoms with Crippen molar-refractivity contribution >= 4 is 33.5 Å². The van der Waals surface area contributed by atoms with Gasteiger partial charge in [-0.05, 0) is 61.2 Å². The fraction of sp³-hybridized carbons (Fsp3) is 0.310. The first-order valence-corrected chi connectivity index (χ1v) is 12.2. The van der Waals surface area contributed by atoms with Crippen LogP contribution >= 0.6 is 0 Å². The lowest BCUT2D eigenvalue weighted by molar-refractivity contribution is -0.145. The number of ether oxygens (including phenoxy) is 1. The molecule has 1 aromatic heterocycles. The Kier molecular flexibility index (Phi) is 7.70. The molecule has 0 radical (unpaired) electrons. The van der Waals surface area contributed by atoms with Gasteiger partial charge in [-0.15, -0.1) is 0 Å². The Morgan fingerprint density at radius 1 is 1.00 bits per heavy atom. The summed E-state index contributed by atoms with van der Waals surface area (Å²) in [4.78, 5) is 17.1. The number of aromatic nitrogens is 1. The summed E-state index contributed by atoms with van der Waals surface area (Å²) in [5.41, 5.74) is 5.07. The number of hydrogen-bond acceptors (Lipinski definition) is 4. The Labute approximate surface area is 205 Å². The Bertz CT molecular complexity index is 1300. The van der Waals surface area contributed by atoms with E-state index < -0.39 is 12.1 Å². The molecular formula is C29H32N2O4. The topological polar surface area (TPSA) is 73.0 Å². The molecule has 35 heavy (non-hydrogen) atoms. The van der Waals surface area contributed by atoms with Gasteiger partial charge in [-0.1, -0.05) is 61.8 Å². The van der Waals surface area contributed by atoms with Gasteiger partial charge in [0.2, 0.25) is 0 Å². The van der Waals surface area contributed by atoms with Gasteiger partial charge in [0.05, 0.1) is 12.3 Å². The molecule has 3 aromatic carbocycles. The number of para-hydroxylation sites is 2. The van der Waals surface area contributed by atoms with Crippen molar-refractivity contribution in [1.82, 2.24) is 4.57 Å². The van der Waals surface area contributed by atoms with Crippen molar-refractivity contribution in [2.75, 3.05) is 6.61 Å². The van der Waals surface area contributed by atoms with E-state index in [1.807, 2.05) is 25.1 Å². The third kappa shape index (κ3) is 5.32. The van der Waals surface area contributed by atoms with Crippen LogP contribution in [-0.4, -0.2) is 34.1 Å². The first-order valence-electron chi connectivity index (χ1n) is 12.2. The number of fused-ring (bicyclic) bond motifs is 3. The second kappa shape index (κ2) is 11.1. The fourth-order valence-electron chi connectivity index (χ4n) is 4.40. The molecular weight excluding hydrogens is 440 g/mol. The summed E-state index contributed by atoms with van der Waals surface area (Å²) in [7, 11) is 0. The molecule has 6 heteroatoms. The SMILES string of the molecule is CCC/C(=N/OCCn1c2ccccc2c2ccccc21)c1ccc(OC(CC)C(=O)O)c(C)c1. The van der Waals surface area contributed by atoms with Crippen LogP contribution in [0.2, 0.25) is 0 Å². The molecule has 1 unspecified atom stereocenters. The maximum absolute atomic E-state index is 11.3. The molecule has 4 aromatic rings. The number of carboxylic acid groups (broad SMARTS) is 1. The van der Waals surface area contributed by atoms with Crippen LogP contribution in [0.4, 0.5) is 0 Å². The van der Waals surface area contributed by atoms with Gasteiger partial charge in [0.15, 0.2) is 6.10 Å². The van der Waals surface area contributed by atoms with Crippen molar-refractivity contribution in [3.63, 3.8) is 0 Å². The summed E-state index contributed by atoms with van der Waals surface area (Å²) >= 11 is 0. The van der Waals surface area contributed by atoms with Gasteiger partial charge in [0, 0.05) is 21.8 Å². The van der Waals surface area contributed by atoms with Crippen LogP contribution < -0.4 is 4.74 Å². The number of carboxylic acids is 1. The largest absolute Gasteiger partial charge is 0.479 e. The normalized spacial score (nSPS) is 12.7. The third-order valence-corrected chi connectivity index (χ3v) is 6.17. The second-order valence-corrected chi connectivity index (χ2v) is 8.64. The minimum atomic E-state index is -0.958. The molecule has 0 aliphatic rings. The highest BCUT2D eigenvalue weighted by molar-refractivity contribution is 6.08. The van der Waals surface area contributed by atoms with Crippen LogP contribution in [0.3, 0.4) is 0 Å². The second-order valence-electron chi connectivity index (χ2n) is 8.64. The van der Waals surface area contributed by atoms with E-state index in [1.165, 1.54) is 21.8 Å². The Hall–Kier alpha value is -3.80. The third-order valence-electron chi connectivity index (χ3n) is 6.17. The summed E-state index contributed by atoms with van der Waals surface area (Å²) in [6.07, 6.45) is 1.26. The number of carbonyl (C=O) groups is 1. The molecule has 4 rings (SSSR count). The number of nitrogens with zero attached hydrogens (tertiary/aromatic N) is 2. The standard InChI is InChI=1S/C29H32N2O4/c1-4-10-24(21-15-16-28(20(3)19-21)35-27(5-2)29(32)33)30-34-18-17-31-25-13-8-6-11-22(25)23-12-7-9-14-26(23)31/h6-9,11-16,19,27H,4-5,10,17-18H2,1-3H3,(H,32,33)/b30-24-. The number of aryl methyl sites for hydroxylation is 1. The summed E-state index contributed by atoms with van der Waals surface area (Å²) in [5.74, 6) is -0.382. The summed E-state index contributed by atoms with van der Waals surface area (Å²) in [6, 6.07) is 22.6. The van der Waals surface area contributed by atoms with Crippen molar-refractivity contribution in [3.05, 3.63) is 77.9 Å². The van der Waals surface area contributed by atoms with E-state index >= 15 is 0 Å². The minimum absolute atomic E-state index is 0.402. The highest BCUT2D eigenvalue weighted by atomic mass is 16.6. The number of rotatable bonds is 11. The van der Waals surface area contributed by atoms with E-state index in [0.29, 0.717) is 25.3 Å². The highest BCUT2D eigenvalue weighted by Gasteiger charge is 2.18. The summed E-state index contributed by atoms with van der Waals surface area (Å²) in [6.45, 7) is 6.96. The molecule has 0 aliphatic heterocycles. The zero-order chi connectivity index (χ0) is 24.8. The van der Waals surface area contributed by atoms with Crippen molar-refractivity contribution in [1.29, 1.82) is 0 Å². The van der Waals surface area contributed by atoms with Crippen molar-refractivity contribution < 1.29 is 19.5 Å². The van der Waals surface area contributed by atoms with Crippen LogP contribution in [0.5, 0.6) is 5.75 Å². The first kappa shape index (κ1) is 24.3. The fourth-order valence-corrected chi connectivity index (χ4v) is 4.40. The lowest BCUT2D eigenvalue weighted by Crippen LogP contribution is -2.26. The lowest BCUT2D eigenvalue weighted by atomic mass is 10.0. The minimum Gasteiger partial charge on any atom is -0.479 e. The average Bonchev–Trinajstić information content (AvgIpc) is 3.18. The summed E-state index contributed by atoms with van der Waals surface area (Å²) in [5, 5.41) is 16.2. The van der Waals surface area contributed by atoms with Gasteiger partial charge in [-0.2, -0.15) is 0 Å². The number of benzene rings is 3. The number of aliphatic carboxylic acids is 1. The molecule has 0 amide bonds. The number of hydrogen-bond donors (Lipinski definition) is 1. The zero-order valence-electron chi connectivity index (χ0n) is 20.5. The van der Waals surface area contributed by atoms with E-state index in [4.69, 9.17) is 9.57 Å². The van der Waals surface area contributed by atoms with Crippen LogP contribution in [0.1, 0.15) is 44.2 Å². The van der Waals surface area contributed by atoms with Crippen molar-refractivity contribution in [3.8, 4) is 5.75 Å². The van der Waals surface area contributed by atoms with Gasteiger partial charge in [-0.25, -0.2) is 4.79 Å². The maximum atomic E-state index is 11.3. The molecule has 182 valence electrons. The molecule has 0 fully saturated rings. The molecule has 1 heterocycles. The van der Waals surface area contributed by atoms with Crippen LogP contribution in [0, 0.1) is 6.92 Å². The highest BCUT2D eigenvalue weighted by Crippen LogP contribution is 2.28. The molecule has 0 saturated carbocycles. The first-order chi connectivity index (χ1) is 17.0. The maximum Gasteiger partial charge on any atom is 0.344 e. The summed E-state index contributed by atoms with van der Waals surface area (Å²) < 4.78 is 7.97. The quantitative estimate of drug-likeness (QED) is 0.152. The van der Waals surface area contributed by atoms with Gasteiger partial charge in [-0.3, -0.25) is 0 Å². The van der Waals surface area contributed by atoms with Crippen molar-refractivity contribution in [2.24, 2.45) is 5.16 Å². The molecule has 0 bridgehead atoms. The molecule has 1 atom stereocenters. The van der Waals surface area contributed by atoms with E-state index in [2.05, 4.69) is 65.2 Å². The molecule has 6 nitrogen and oxygen atoms in total. The van der Waals surface area contributed by atoms with Crippen LogP contribution in [0.25, 0.3) is 21.8 Å². The van der Waals surface area contributed by atoms with Crippen molar-refractivity contribution in [2.45, 2.75) is 52.7 Å². The molecule has 0 saturated heterocycles. The lowest BCUT2D eigenvalue weighted by Gasteiger charge is -2.16. The molecule has 0 spiro atoms. The predicted octanol–water partition coefficient (Wildman–Crippen LogP) is 6.57. The van der Waals surface area contributed by atoms with Gasteiger partial charge < -0.3 is 19.2 Å². The van der Waals surface area contributed by atoms with Gasteiger partial charge >= 0.3 is 5.97 Å². The monoisotopic (exact) mass is 472 g/mol.